The molecule has 0 saturated carbocycles. The Balaban J connectivity index is 2.13. The van der Waals surface area contributed by atoms with Crippen molar-refractivity contribution in [2.24, 2.45) is 0 Å². The number of urea groups is 1. The second-order valence-corrected chi connectivity index (χ2v) is 4.93. The number of aryl methyl sites for hydroxylation is 1. The maximum Gasteiger partial charge on any atom is 0.323 e. The smallest absolute Gasteiger partial charge is 0.323 e. The maximum absolute atomic E-state index is 12.1. The zero-order chi connectivity index (χ0) is 16.1. The number of nitrogens with one attached hydrogen (secondary N) is 2. The van der Waals surface area contributed by atoms with E-state index in [9.17, 15) is 4.79 Å². The zero-order valence-electron chi connectivity index (χ0n) is 13.2. The first-order chi connectivity index (χ1) is 10.5. The summed E-state index contributed by atoms with van der Waals surface area (Å²) in [6, 6.07) is 10.7. The van der Waals surface area contributed by atoms with Crippen molar-refractivity contribution in [3.05, 3.63) is 47.5 Å². The lowest BCUT2D eigenvalue weighted by Gasteiger charge is -2.13. The topological polar surface area (TPSA) is 59.6 Å². The number of anilines is 2. The summed E-state index contributed by atoms with van der Waals surface area (Å²) in [5.74, 6) is 1.22. The van der Waals surface area contributed by atoms with Crippen molar-refractivity contribution in [1.29, 1.82) is 0 Å². The van der Waals surface area contributed by atoms with Gasteiger partial charge >= 0.3 is 6.03 Å². The number of ether oxygens (including phenoxy) is 2. The molecule has 5 heteroatoms. The highest BCUT2D eigenvalue weighted by atomic mass is 16.5. The number of benzene rings is 2. The number of hydrogen-bond donors (Lipinski definition) is 2. The van der Waals surface area contributed by atoms with Crippen LogP contribution >= 0.6 is 0 Å². The first-order valence-corrected chi connectivity index (χ1v) is 6.90. The SMILES string of the molecule is COc1cc(NC(=O)Nc2cccc(C)c2C)cc(OC)c1. The Bertz CT molecular complexity index is 661. The van der Waals surface area contributed by atoms with Crippen LogP contribution in [0.3, 0.4) is 0 Å². The van der Waals surface area contributed by atoms with Crippen LogP contribution in [0.25, 0.3) is 0 Å². The molecule has 2 rings (SSSR count). The predicted octanol–water partition coefficient (Wildman–Crippen LogP) is 3.96. The molecule has 5 nitrogen and oxygen atoms in total. The van der Waals surface area contributed by atoms with E-state index in [2.05, 4.69) is 10.6 Å². The van der Waals surface area contributed by atoms with E-state index in [1.54, 1.807) is 32.4 Å². The van der Waals surface area contributed by atoms with Gasteiger partial charge < -0.3 is 20.1 Å². The molecule has 0 radical (unpaired) electrons. The molecule has 0 aliphatic rings. The van der Waals surface area contributed by atoms with Crippen LogP contribution in [0.5, 0.6) is 11.5 Å². The molecular formula is C17H20N2O3. The van der Waals surface area contributed by atoms with E-state index in [1.165, 1.54) is 0 Å². The monoisotopic (exact) mass is 300 g/mol. The fourth-order valence-corrected chi connectivity index (χ4v) is 2.05. The van der Waals surface area contributed by atoms with Gasteiger partial charge in [0, 0.05) is 29.6 Å². The lowest BCUT2D eigenvalue weighted by molar-refractivity contribution is 0.262. The fourth-order valence-electron chi connectivity index (χ4n) is 2.05. The van der Waals surface area contributed by atoms with Crippen LogP contribution in [-0.2, 0) is 0 Å². The number of methoxy groups -OCH3 is 2. The van der Waals surface area contributed by atoms with E-state index in [4.69, 9.17) is 9.47 Å². The minimum atomic E-state index is -0.316. The third-order valence-electron chi connectivity index (χ3n) is 3.46. The van der Waals surface area contributed by atoms with E-state index in [0.29, 0.717) is 17.2 Å². The van der Waals surface area contributed by atoms with Crippen LogP contribution < -0.4 is 20.1 Å². The molecule has 22 heavy (non-hydrogen) atoms. The lowest BCUT2D eigenvalue weighted by atomic mass is 10.1. The maximum atomic E-state index is 12.1. The molecule has 116 valence electrons. The summed E-state index contributed by atoms with van der Waals surface area (Å²) >= 11 is 0. The molecule has 0 spiro atoms. The normalized spacial score (nSPS) is 10.0. The molecule has 0 fully saturated rings. The first-order valence-electron chi connectivity index (χ1n) is 6.90. The number of hydrogen-bond acceptors (Lipinski definition) is 3. The van der Waals surface area contributed by atoms with E-state index >= 15 is 0 Å². The van der Waals surface area contributed by atoms with Crippen LogP contribution in [0.2, 0.25) is 0 Å². The Morgan fingerprint density at radius 1 is 0.955 bits per heavy atom. The molecule has 0 heterocycles. The second kappa shape index (κ2) is 6.85. The van der Waals surface area contributed by atoms with Crippen molar-refractivity contribution in [2.45, 2.75) is 13.8 Å². The summed E-state index contributed by atoms with van der Waals surface area (Å²) < 4.78 is 10.4. The quantitative estimate of drug-likeness (QED) is 0.898. The molecule has 0 aliphatic heterocycles. The van der Waals surface area contributed by atoms with Gasteiger partial charge in [0.25, 0.3) is 0 Å². The van der Waals surface area contributed by atoms with Gasteiger partial charge in [-0.15, -0.1) is 0 Å². The molecule has 0 aromatic heterocycles. The van der Waals surface area contributed by atoms with Gasteiger partial charge in [-0.1, -0.05) is 12.1 Å². The Kier molecular flexibility index (Phi) is 4.88. The molecule has 0 unspecified atom stereocenters. The predicted molar refractivity (Wildman–Crippen MR) is 88.1 cm³/mol. The highest BCUT2D eigenvalue weighted by molar-refractivity contribution is 6.00. The van der Waals surface area contributed by atoms with Gasteiger partial charge in [-0.25, -0.2) is 4.79 Å². The van der Waals surface area contributed by atoms with Crippen molar-refractivity contribution >= 4 is 17.4 Å². The summed E-state index contributed by atoms with van der Waals surface area (Å²) in [5.41, 5.74) is 3.55. The van der Waals surface area contributed by atoms with Crippen molar-refractivity contribution in [3.8, 4) is 11.5 Å². The van der Waals surface area contributed by atoms with Gasteiger partial charge in [0.15, 0.2) is 0 Å². The van der Waals surface area contributed by atoms with E-state index in [-0.39, 0.29) is 6.03 Å². The number of rotatable bonds is 4. The Morgan fingerprint density at radius 2 is 1.59 bits per heavy atom. The molecule has 0 atom stereocenters. The van der Waals surface area contributed by atoms with Crippen LogP contribution in [0.15, 0.2) is 36.4 Å². The van der Waals surface area contributed by atoms with E-state index in [1.807, 2.05) is 32.0 Å². The minimum absolute atomic E-state index is 0.316. The van der Waals surface area contributed by atoms with Gasteiger partial charge in [0.2, 0.25) is 0 Å². The van der Waals surface area contributed by atoms with Gasteiger partial charge in [-0.2, -0.15) is 0 Å². The molecule has 2 aromatic rings. The van der Waals surface area contributed by atoms with Crippen LogP contribution in [-0.4, -0.2) is 20.3 Å². The van der Waals surface area contributed by atoms with Crippen molar-refractivity contribution in [2.75, 3.05) is 24.9 Å². The van der Waals surface area contributed by atoms with Crippen molar-refractivity contribution < 1.29 is 14.3 Å². The third-order valence-corrected chi connectivity index (χ3v) is 3.46. The minimum Gasteiger partial charge on any atom is -0.497 e. The molecule has 2 amide bonds. The Hall–Kier alpha value is -2.69. The second-order valence-electron chi connectivity index (χ2n) is 4.93. The number of carbonyl (C=O) groups is 1. The summed E-state index contributed by atoms with van der Waals surface area (Å²) in [5, 5.41) is 5.62. The number of amides is 2. The highest BCUT2D eigenvalue weighted by Gasteiger charge is 2.08. The van der Waals surface area contributed by atoms with E-state index < -0.39 is 0 Å². The van der Waals surface area contributed by atoms with Gasteiger partial charge in [-0.3, -0.25) is 0 Å². The molecule has 0 bridgehead atoms. The van der Waals surface area contributed by atoms with Gasteiger partial charge in [-0.05, 0) is 31.0 Å². The molecule has 0 saturated heterocycles. The zero-order valence-corrected chi connectivity index (χ0v) is 13.2. The molecule has 0 aliphatic carbocycles. The van der Waals surface area contributed by atoms with Crippen LogP contribution in [0.4, 0.5) is 16.2 Å². The molecule has 2 N–H and O–H groups in total. The Morgan fingerprint density at radius 3 is 2.18 bits per heavy atom. The van der Waals surface area contributed by atoms with Crippen LogP contribution in [0, 0.1) is 13.8 Å². The third kappa shape index (κ3) is 3.69. The average molecular weight is 300 g/mol. The van der Waals surface area contributed by atoms with Gasteiger partial charge in [0.05, 0.1) is 14.2 Å². The summed E-state index contributed by atoms with van der Waals surface area (Å²) in [4.78, 5) is 12.1. The summed E-state index contributed by atoms with van der Waals surface area (Å²) in [6.45, 7) is 3.98. The number of carbonyl (C=O) groups excluding carboxylic acids is 1. The molecular weight excluding hydrogens is 280 g/mol. The lowest BCUT2D eigenvalue weighted by Crippen LogP contribution is -2.20. The highest BCUT2D eigenvalue weighted by Crippen LogP contribution is 2.26. The fraction of sp³-hybridized carbons (Fsp3) is 0.235. The Labute approximate surface area is 130 Å². The van der Waals surface area contributed by atoms with Crippen molar-refractivity contribution in [1.82, 2.24) is 0 Å². The standard InChI is InChI=1S/C17H20N2O3/c1-11-6-5-7-16(12(11)2)19-17(20)18-13-8-14(21-3)10-15(9-13)22-4/h5-10H,1-4H3,(H2,18,19,20). The van der Waals surface area contributed by atoms with Crippen LogP contribution in [0.1, 0.15) is 11.1 Å². The molecule has 2 aromatic carbocycles. The largest absolute Gasteiger partial charge is 0.497 e. The van der Waals surface area contributed by atoms with Crippen molar-refractivity contribution in [3.63, 3.8) is 0 Å². The summed E-state index contributed by atoms with van der Waals surface area (Å²) in [6.07, 6.45) is 0. The first kappa shape index (κ1) is 15.7. The van der Waals surface area contributed by atoms with Gasteiger partial charge in [0.1, 0.15) is 11.5 Å². The summed E-state index contributed by atoms with van der Waals surface area (Å²) in [7, 11) is 3.13. The van der Waals surface area contributed by atoms with E-state index in [0.717, 1.165) is 16.8 Å². The average Bonchev–Trinajstić information content (AvgIpc) is 2.51.